The van der Waals surface area contributed by atoms with E-state index in [1.54, 1.807) is 13.3 Å². The maximum atomic E-state index is 12.9. The zero-order valence-electron chi connectivity index (χ0n) is 21.3. The Labute approximate surface area is 204 Å². The third kappa shape index (κ3) is 5.13. The molecule has 1 N–H and O–H groups in total. The van der Waals surface area contributed by atoms with Crippen LogP contribution in [-0.2, 0) is 11.2 Å². The first-order chi connectivity index (χ1) is 16.4. The normalized spacial score (nSPS) is 23.0. The number of aromatic nitrogens is 1. The predicted octanol–water partition coefficient (Wildman–Crippen LogP) is 4.77. The van der Waals surface area contributed by atoms with Gasteiger partial charge in [0.1, 0.15) is 12.4 Å². The summed E-state index contributed by atoms with van der Waals surface area (Å²) in [4.78, 5) is 19.8. The number of hydrogen-bond acceptors (Lipinski definition) is 5. The van der Waals surface area contributed by atoms with E-state index in [1.165, 1.54) is 29.5 Å². The minimum Gasteiger partial charge on any atom is -0.491 e. The summed E-state index contributed by atoms with van der Waals surface area (Å²) in [5.41, 5.74) is 5.65. The molecule has 0 aliphatic carbocycles. The van der Waals surface area contributed by atoms with Gasteiger partial charge in [0.15, 0.2) is 0 Å². The van der Waals surface area contributed by atoms with E-state index in [-0.39, 0.29) is 11.9 Å². The van der Waals surface area contributed by atoms with Crippen molar-refractivity contribution in [2.75, 3.05) is 20.3 Å². The number of nitrogens with one attached hydrogen (secondary N) is 1. The van der Waals surface area contributed by atoms with Crippen LogP contribution < -0.4 is 10.1 Å². The lowest BCUT2D eigenvalue weighted by Crippen LogP contribution is -2.51. The van der Waals surface area contributed by atoms with Crippen LogP contribution >= 0.6 is 0 Å². The number of carbonyl (C=O) groups is 1. The Morgan fingerprint density at radius 3 is 2.56 bits per heavy atom. The van der Waals surface area contributed by atoms with Crippen molar-refractivity contribution in [2.24, 2.45) is 0 Å². The summed E-state index contributed by atoms with van der Waals surface area (Å²) in [6, 6.07) is 7.85. The number of fused-ring (bicyclic) bond motifs is 2. The smallest absolute Gasteiger partial charge is 0.253 e. The van der Waals surface area contributed by atoms with Gasteiger partial charge in [-0.3, -0.25) is 14.7 Å². The number of nitrogens with zero attached hydrogens (tertiary/aromatic N) is 2. The van der Waals surface area contributed by atoms with E-state index in [0.717, 1.165) is 30.6 Å². The SMILES string of the molecule is CCc1cncc(C(=O)NC2CC3CCC(C2)N3C(C)c2ccc(OCCOC)c(C)c2C)c1. The van der Waals surface area contributed by atoms with Crippen LogP contribution in [0.1, 0.15) is 78.2 Å². The molecule has 1 aromatic heterocycles. The molecule has 1 amide bonds. The number of carbonyl (C=O) groups excluding carboxylic acids is 1. The monoisotopic (exact) mass is 465 g/mol. The number of methoxy groups -OCH3 is 1. The zero-order chi connectivity index (χ0) is 24.2. The fourth-order valence-corrected chi connectivity index (χ4v) is 5.86. The van der Waals surface area contributed by atoms with Crippen LogP contribution in [-0.4, -0.2) is 54.2 Å². The Bertz CT molecular complexity index is 994. The van der Waals surface area contributed by atoms with Gasteiger partial charge >= 0.3 is 0 Å². The standard InChI is InChI=1S/C28H39N3O3/c1-6-21-13-22(17-29-16-21)28(32)30-23-14-24-7-8-25(15-23)31(24)20(4)26-9-10-27(19(3)18(26)2)34-12-11-33-5/h9-10,13,16-17,20,23-25H,6-8,11-12,14-15H2,1-5H3,(H,30,32). The summed E-state index contributed by atoms with van der Waals surface area (Å²) in [6.45, 7) is 9.92. The third-order valence-electron chi connectivity index (χ3n) is 7.81. The summed E-state index contributed by atoms with van der Waals surface area (Å²) in [7, 11) is 1.69. The summed E-state index contributed by atoms with van der Waals surface area (Å²) < 4.78 is 11.0. The van der Waals surface area contributed by atoms with E-state index in [2.05, 4.69) is 55.0 Å². The van der Waals surface area contributed by atoms with Crippen LogP contribution in [0.4, 0.5) is 0 Å². The van der Waals surface area contributed by atoms with Crippen LogP contribution in [0, 0.1) is 13.8 Å². The van der Waals surface area contributed by atoms with Crippen LogP contribution in [0.2, 0.25) is 0 Å². The van der Waals surface area contributed by atoms with Gasteiger partial charge in [0.2, 0.25) is 0 Å². The fourth-order valence-electron chi connectivity index (χ4n) is 5.86. The number of pyridine rings is 1. The molecular weight excluding hydrogens is 426 g/mol. The Balaban J connectivity index is 1.42. The maximum absolute atomic E-state index is 12.9. The molecule has 2 bridgehead atoms. The van der Waals surface area contributed by atoms with E-state index < -0.39 is 0 Å². The summed E-state index contributed by atoms with van der Waals surface area (Å²) in [5.74, 6) is 0.945. The molecule has 1 aromatic carbocycles. The average Bonchev–Trinajstić information content (AvgIpc) is 3.11. The van der Waals surface area contributed by atoms with Crippen LogP contribution in [0.15, 0.2) is 30.6 Å². The zero-order valence-corrected chi connectivity index (χ0v) is 21.3. The van der Waals surface area contributed by atoms with Crippen molar-refractivity contribution in [1.29, 1.82) is 0 Å². The Hall–Kier alpha value is -2.44. The van der Waals surface area contributed by atoms with E-state index >= 15 is 0 Å². The molecule has 0 radical (unpaired) electrons. The summed E-state index contributed by atoms with van der Waals surface area (Å²) >= 11 is 0. The topological polar surface area (TPSA) is 63.7 Å². The Morgan fingerprint density at radius 1 is 1.15 bits per heavy atom. The molecule has 2 fully saturated rings. The molecule has 2 saturated heterocycles. The van der Waals surface area contributed by atoms with Gasteiger partial charge in [0.25, 0.3) is 5.91 Å². The molecule has 3 unspecified atom stereocenters. The van der Waals surface area contributed by atoms with Crippen molar-refractivity contribution >= 4 is 5.91 Å². The molecule has 6 heteroatoms. The highest BCUT2D eigenvalue weighted by atomic mass is 16.5. The van der Waals surface area contributed by atoms with Crippen molar-refractivity contribution in [3.8, 4) is 5.75 Å². The van der Waals surface area contributed by atoms with E-state index in [1.807, 2.05) is 12.3 Å². The van der Waals surface area contributed by atoms with Gasteiger partial charge in [-0.25, -0.2) is 0 Å². The highest BCUT2D eigenvalue weighted by Crippen LogP contribution is 2.43. The number of aryl methyl sites for hydroxylation is 1. The summed E-state index contributed by atoms with van der Waals surface area (Å²) in [5, 5.41) is 3.31. The van der Waals surface area contributed by atoms with Crippen LogP contribution in [0.25, 0.3) is 0 Å². The van der Waals surface area contributed by atoms with Crippen molar-refractivity contribution < 1.29 is 14.3 Å². The van der Waals surface area contributed by atoms with Crippen LogP contribution in [0.5, 0.6) is 5.75 Å². The molecule has 2 aliphatic rings. The molecule has 6 nitrogen and oxygen atoms in total. The van der Waals surface area contributed by atoms with Crippen molar-refractivity contribution in [3.63, 3.8) is 0 Å². The largest absolute Gasteiger partial charge is 0.491 e. The Morgan fingerprint density at radius 2 is 1.88 bits per heavy atom. The number of rotatable bonds is 9. The molecule has 184 valence electrons. The molecular formula is C28H39N3O3. The van der Waals surface area contributed by atoms with Crippen molar-refractivity contribution in [3.05, 3.63) is 58.4 Å². The molecule has 0 spiro atoms. The lowest BCUT2D eigenvalue weighted by atomic mass is 9.91. The second-order valence-electron chi connectivity index (χ2n) is 9.83. The van der Waals surface area contributed by atoms with Gasteiger partial charge in [0.05, 0.1) is 12.2 Å². The maximum Gasteiger partial charge on any atom is 0.253 e. The number of hydrogen-bond donors (Lipinski definition) is 1. The Kier molecular flexibility index (Phi) is 7.89. The molecule has 3 atom stereocenters. The van der Waals surface area contributed by atoms with E-state index in [0.29, 0.717) is 36.9 Å². The van der Waals surface area contributed by atoms with Crippen molar-refractivity contribution in [1.82, 2.24) is 15.2 Å². The van der Waals surface area contributed by atoms with Gasteiger partial charge < -0.3 is 14.8 Å². The first-order valence-corrected chi connectivity index (χ1v) is 12.7. The number of amides is 1. The second kappa shape index (κ2) is 10.9. The van der Waals surface area contributed by atoms with E-state index in [4.69, 9.17) is 9.47 Å². The molecule has 0 saturated carbocycles. The second-order valence-corrected chi connectivity index (χ2v) is 9.83. The summed E-state index contributed by atoms with van der Waals surface area (Å²) in [6.07, 6.45) is 8.79. The molecule has 3 heterocycles. The minimum absolute atomic E-state index is 0.00392. The quantitative estimate of drug-likeness (QED) is 0.541. The third-order valence-corrected chi connectivity index (χ3v) is 7.81. The van der Waals surface area contributed by atoms with Gasteiger partial charge in [-0.1, -0.05) is 13.0 Å². The van der Waals surface area contributed by atoms with Gasteiger partial charge in [-0.2, -0.15) is 0 Å². The highest BCUT2D eigenvalue weighted by Gasteiger charge is 2.43. The van der Waals surface area contributed by atoms with Gasteiger partial charge in [-0.15, -0.1) is 0 Å². The number of ether oxygens (including phenoxy) is 2. The minimum atomic E-state index is 0.00392. The fraction of sp³-hybridized carbons (Fsp3) is 0.571. The molecule has 4 rings (SSSR count). The van der Waals surface area contributed by atoms with Gasteiger partial charge in [0, 0.05) is 43.7 Å². The van der Waals surface area contributed by atoms with Gasteiger partial charge in [-0.05, 0) is 87.3 Å². The highest BCUT2D eigenvalue weighted by molar-refractivity contribution is 5.94. The average molecular weight is 466 g/mol. The first-order valence-electron chi connectivity index (χ1n) is 12.7. The lowest BCUT2D eigenvalue weighted by molar-refractivity contribution is 0.0689. The van der Waals surface area contributed by atoms with Crippen molar-refractivity contribution in [2.45, 2.75) is 84.0 Å². The molecule has 34 heavy (non-hydrogen) atoms. The number of benzene rings is 1. The number of piperidine rings is 1. The first kappa shape index (κ1) is 24.7. The molecule has 2 aliphatic heterocycles. The molecule has 2 aromatic rings. The van der Waals surface area contributed by atoms with E-state index in [9.17, 15) is 4.79 Å². The predicted molar refractivity (Wildman–Crippen MR) is 134 cm³/mol. The van der Waals surface area contributed by atoms with Crippen LogP contribution in [0.3, 0.4) is 0 Å². The lowest BCUT2D eigenvalue weighted by Gasteiger charge is -2.43.